The molecule has 0 aliphatic rings. The number of rotatable bonds is 8. The first kappa shape index (κ1) is 16.1. The number of amides is 1. The summed E-state index contributed by atoms with van der Waals surface area (Å²) >= 11 is 3.36. The lowest BCUT2D eigenvalue weighted by Crippen LogP contribution is -2.31. The van der Waals surface area contributed by atoms with Gasteiger partial charge in [0, 0.05) is 36.3 Å². The maximum absolute atomic E-state index is 11.8. The van der Waals surface area contributed by atoms with Gasteiger partial charge in [0.15, 0.2) is 0 Å². The summed E-state index contributed by atoms with van der Waals surface area (Å²) in [6.07, 6.45) is 1.41. The second kappa shape index (κ2) is 9.07. The van der Waals surface area contributed by atoms with Gasteiger partial charge in [-0.15, -0.1) is 0 Å². The van der Waals surface area contributed by atoms with Gasteiger partial charge >= 0.3 is 0 Å². The summed E-state index contributed by atoms with van der Waals surface area (Å²) in [6, 6.07) is 7.72. The quantitative estimate of drug-likeness (QED) is 0.721. The van der Waals surface area contributed by atoms with E-state index < -0.39 is 0 Å². The number of anilines is 1. The highest BCUT2D eigenvalue weighted by atomic mass is 79.9. The van der Waals surface area contributed by atoms with Crippen LogP contribution in [-0.2, 0) is 9.53 Å². The molecule has 0 bridgehead atoms. The van der Waals surface area contributed by atoms with Crippen LogP contribution in [-0.4, -0.2) is 32.2 Å². The Hall–Kier alpha value is -0.910. The predicted octanol–water partition coefficient (Wildman–Crippen LogP) is 2.79. The molecule has 0 aromatic heterocycles. The second-order valence-corrected chi connectivity index (χ2v) is 5.38. The number of benzene rings is 1. The molecule has 106 valence electrons. The number of nitrogens with one attached hydrogen (secondary N) is 2. The summed E-state index contributed by atoms with van der Waals surface area (Å²) in [4.78, 5) is 11.8. The highest BCUT2D eigenvalue weighted by Crippen LogP contribution is 2.14. The molecular formula is C14H21BrN2O2. The smallest absolute Gasteiger partial charge is 0.225 e. The molecular weight excluding hydrogens is 308 g/mol. The van der Waals surface area contributed by atoms with Crippen molar-refractivity contribution in [1.29, 1.82) is 0 Å². The summed E-state index contributed by atoms with van der Waals surface area (Å²) in [5.74, 6) is 0.0223. The number of carbonyl (C=O) groups is 1. The fraction of sp³-hybridized carbons (Fsp3) is 0.500. The van der Waals surface area contributed by atoms with Gasteiger partial charge in [-0.3, -0.25) is 4.79 Å². The van der Waals surface area contributed by atoms with Crippen LogP contribution in [0, 0.1) is 0 Å². The number of hydrogen-bond donors (Lipinski definition) is 2. The summed E-state index contributed by atoms with van der Waals surface area (Å²) in [5.41, 5.74) is 0.819. The molecule has 1 atom stereocenters. The topological polar surface area (TPSA) is 50.4 Å². The van der Waals surface area contributed by atoms with Gasteiger partial charge in [0.1, 0.15) is 0 Å². The Bertz CT molecular complexity index is 382. The SMILES string of the molecule is COCCCNC(C)CC(=O)Nc1ccc(Br)cc1. The Morgan fingerprint density at radius 2 is 2.05 bits per heavy atom. The van der Waals surface area contributed by atoms with E-state index in [0.29, 0.717) is 6.42 Å². The Morgan fingerprint density at radius 3 is 2.68 bits per heavy atom. The van der Waals surface area contributed by atoms with Gasteiger partial charge in [-0.25, -0.2) is 0 Å². The molecule has 1 unspecified atom stereocenters. The Kier molecular flexibility index (Phi) is 7.70. The first-order valence-corrected chi connectivity index (χ1v) is 7.19. The van der Waals surface area contributed by atoms with Crippen LogP contribution in [0.1, 0.15) is 19.8 Å². The third-order valence-corrected chi connectivity index (χ3v) is 3.17. The minimum absolute atomic E-state index is 0.0223. The Labute approximate surface area is 123 Å². The van der Waals surface area contributed by atoms with Gasteiger partial charge in [-0.1, -0.05) is 15.9 Å². The molecule has 0 spiro atoms. The van der Waals surface area contributed by atoms with Gasteiger partial charge in [0.2, 0.25) is 5.91 Å². The zero-order valence-corrected chi connectivity index (χ0v) is 13.0. The molecule has 19 heavy (non-hydrogen) atoms. The van der Waals surface area contributed by atoms with Crippen LogP contribution in [0.2, 0.25) is 0 Å². The van der Waals surface area contributed by atoms with E-state index in [4.69, 9.17) is 4.74 Å². The molecule has 0 aliphatic carbocycles. The number of hydrogen-bond acceptors (Lipinski definition) is 3. The molecule has 0 saturated carbocycles. The first-order chi connectivity index (χ1) is 9.11. The molecule has 1 amide bonds. The van der Waals surface area contributed by atoms with Gasteiger partial charge < -0.3 is 15.4 Å². The van der Waals surface area contributed by atoms with E-state index in [0.717, 1.165) is 29.7 Å². The van der Waals surface area contributed by atoms with Crippen LogP contribution >= 0.6 is 15.9 Å². The van der Waals surface area contributed by atoms with Crippen molar-refractivity contribution in [1.82, 2.24) is 5.32 Å². The van der Waals surface area contributed by atoms with E-state index in [-0.39, 0.29) is 11.9 Å². The van der Waals surface area contributed by atoms with Crippen molar-refractivity contribution in [2.24, 2.45) is 0 Å². The van der Waals surface area contributed by atoms with E-state index in [2.05, 4.69) is 26.6 Å². The highest BCUT2D eigenvalue weighted by Gasteiger charge is 2.08. The monoisotopic (exact) mass is 328 g/mol. The molecule has 0 fully saturated rings. The standard InChI is InChI=1S/C14H21BrN2O2/c1-11(16-8-3-9-19-2)10-14(18)17-13-6-4-12(15)5-7-13/h4-7,11,16H,3,8-10H2,1-2H3,(H,17,18). The molecule has 1 aromatic rings. The maximum Gasteiger partial charge on any atom is 0.225 e. The largest absolute Gasteiger partial charge is 0.385 e. The zero-order valence-electron chi connectivity index (χ0n) is 11.4. The molecule has 5 heteroatoms. The highest BCUT2D eigenvalue weighted by molar-refractivity contribution is 9.10. The number of methoxy groups -OCH3 is 1. The van der Waals surface area contributed by atoms with Gasteiger partial charge in [-0.2, -0.15) is 0 Å². The summed E-state index contributed by atoms with van der Waals surface area (Å²) in [6.45, 7) is 3.61. The van der Waals surface area contributed by atoms with Crippen molar-refractivity contribution in [3.8, 4) is 0 Å². The molecule has 4 nitrogen and oxygen atoms in total. The van der Waals surface area contributed by atoms with Gasteiger partial charge in [0.05, 0.1) is 0 Å². The van der Waals surface area contributed by atoms with Crippen molar-refractivity contribution in [2.75, 3.05) is 25.6 Å². The molecule has 1 rings (SSSR count). The summed E-state index contributed by atoms with van der Waals surface area (Å²) < 4.78 is 5.97. The summed E-state index contributed by atoms with van der Waals surface area (Å²) in [7, 11) is 1.69. The lowest BCUT2D eigenvalue weighted by molar-refractivity contribution is -0.116. The molecule has 0 saturated heterocycles. The van der Waals surface area contributed by atoms with E-state index in [9.17, 15) is 4.79 Å². The van der Waals surface area contributed by atoms with E-state index in [1.54, 1.807) is 7.11 Å². The van der Waals surface area contributed by atoms with Crippen molar-refractivity contribution in [3.63, 3.8) is 0 Å². The van der Waals surface area contributed by atoms with Crippen molar-refractivity contribution in [2.45, 2.75) is 25.8 Å². The lowest BCUT2D eigenvalue weighted by Gasteiger charge is -2.13. The number of ether oxygens (including phenoxy) is 1. The van der Waals surface area contributed by atoms with Crippen molar-refractivity contribution in [3.05, 3.63) is 28.7 Å². The minimum atomic E-state index is 0.0223. The average molecular weight is 329 g/mol. The van der Waals surface area contributed by atoms with Crippen LogP contribution in [0.3, 0.4) is 0 Å². The van der Waals surface area contributed by atoms with E-state index in [1.165, 1.54) is 0 Å². The average Bonchev–Trinajstić information content (AvgIpc) is 2.37. The molecule has 2 N–H and O–H groups in total. The molecule has 1 aromatic carbocycles. The van der Waals surface area contributed by atoms with Crippen molar-refractivity contribution < 1.29 is 9.53 Å². The predicted molar refractivity (Wildman–Crippen MR) is 81.3 cm³/mol. The number of halogens is 1. The van der Waals surface area contributed by atoms with Crippen LogP contribution < -0.4 is 10.6 Å². The fourth-order valence-electron chi connectivity index (χ4n) is 1.66. The maximum atomic E-state index is 11.8. The Morgan fingerprint density at radius 1 is 1.37 bits per heavy atom. The van der Waals surface area contributed by atoms with Crippen LogP contribution in [0.25, 0.3) is 0 Å². The fourth-order valence-corrected chi connectivity index (χ4v) is 1.92. The van der Waals surface area contributed by atoms with Gasteiger partial charge in [0.25, 0.3) is 0 Å². The third kappa shape index (κ3) is 7.30. The third-order valence-electron chi connectivity index (χ3n) is 2.64. The lowest BCUT2D eigenvalue weighted by atomic mass is 10.2. The van der Waals surface area contributed by atoms with Gasteiger partial charge in [-0.05, 0) is 44.2 Å². The zero-order chi connectivity index (χ0) is 14.1. The molecule has 0 radical (unpaired) electrons. The van der Waals surface area contributed by atoms with Crippen molar-refractivity contribution >= 4 is 27.5 Å². The van der Waals surface area contributed by atoms with E-state index in [1.807, 2.05) is 31.2 Å². The van der Waals surface area contributed by atoms with Crippen LogP contribution in [0.15, 0.2) is 28.7 Å². The summed E-state index contributed by atoms with van der Waals surface area (Å²) in [5, 5.41) is 6.17. The molecule has 0 aliphatic heterocycles. The Balaban J connectivity index is 2.24. The first-order valence-electron chi connectivity index (χ1n) is 6.39. The normalized spacial score (nSPS) is 12.2. The molecule has 0 heterocycles. The van der Waals surface area contributed by atoms with Crippen LogP contribution in [0.4, 0.5) is 5.69 Å². The van der Waals surface area contributed by atoms with E-state index >= 15 is 0 Å². The van der Waals surface area contributed by atoms with Crippen LogP contribution in [0.5, 0.6) is 0 Å². The number of carbonyl (C=O) groups excluding carboxylic acids is 1. The second-order valence-electron chi connectivity index (χ2n) is 4.46. The minimum Gasteiger partial charge on any atom is -0.385 e.